The fourth-order valence-corrected chi connectivity index (χ4v) is 2.70. The van der Waals surface area contributed by atoms with Crippen molar-refractivity contribution in [1.82, 2.24) is 0 Å². The van der Waals surface area contributed by atoms with E-state index in [1.54, 1.807) is 18.2 Å². The van der Waals surface area contributed by atoms with E-state index in [-0.39, 0.29) is 40.4 Å². The zero-order valence-corrected chi connectivity index (χ0v) is 13.5. The Bertz CT molecular complexity index is 663. The molecule has 0 saturated carbocycles. The van der Waals surface area contributed by atoms with Crippen LogP contribution in [0, 0.1) is 0 Å². The molecule has 2 aromatic rings. The van der Waals surface area contributed by atoms with Crippen molar-refractivity contribution in [2.24, 2.45) is 0 Å². The second kappa shape index (κ2) is 5.72. The van der Waals surface area contributed by atoms with Gasteiger partial charge in [-0.25, -0.2) is 8.42 Å². The van der Waals surface area contributed by atoms with Crippen LogP contribution in [-0.2, 0) is 10.1 Å². The maximum atomic E-state index is 11.2. The molecule has 0 heterocycles. The first-order chi connectivity index (χ1) is 7.91. The molecule has 5 heteroatoms. The minimum atomic E-state index is -4.42. The third kappa shape index (κ3) is 2.95. The molecule has 0 amide bonds. The first kappa shape index (κ1) is 15.7. The number of rotatable bonds is 2. The molecule has 0 aliphatic carbocycles. The van der Waals surface area contributed by atoms with Gasteiger partial charge >= 0.3 is 29.6 Å². The van der Waals surface area contributed by atoms with E-state index in [1.807, 2.05) is 26.0 Å². The number of fused-ring (bicyclic) bond motifs is 1. The Labute approximate surface area is 129 Å². The smallest absolute Gasteiger partial charge is 0.744 e. The van der Waals surface area contributed by atoms with E-state index in [4.69, 9.17) is 0 Å². The van der Waals surface area contributed by atoms with Crippen molar-refractivity contribution in [3.8, 4) is 0 Å². The molecule has 0 aliphatic rings. The molecule has 0 radical (unpaired) electrons. The van der Waals surface area contributed by atoms with Gasteiger partial charge in [-0.2, -0.15) is 0 Å². The molecule has 0 saturated heterocycles. The zero-order chi connectivity index (χ0) is 12.6. The van der Waals surface area contributed by atoms with E-state index >= 15 is 0 Å². The minimum absolute atomic E-state index is 0. The summed E-state index contributed by atoms with van der Waals surface area (Å²) in [5.41, 5.74) is 1.05. The molecule has 0 aliphatic heterocycles. The molecule has 0 aromatic heterocycles. The molecule has 2 rings (SSSR count). The quantitative estimate of drug-likeness (QED) is 0.565. The second-order valence-corrected chi connectivity index (χ2v) is 5.66. The Kier molecular flexibility index (Phi) is 4.98. The fourth-order valence-electron chi connectivity index (χ4n) is 2.02. The fraction of sp³-hybridized carbons (Fsp3) is 0.231. The number of hydrogen-bond donors (Lipinski definition) is 0. The van der Waals surface area contributed by atoms with Gasteiger partial charge in [0.15, 0.2) is 0 Å². The number of hydrogen-bond acceptors (Lipinski definition) is 3. The summed E-state index contributed by atoms with van der Waals surface area (Å²) < 4.78 is 33.5. The van der Waals surface area contributed by atoms with Crippen LogP contribution in [0.25, 0.3) is 10.8 Å². The largest absolute Gasteiger partial charge is 1.00 e. The van der Waals surface area contributed by atoms with Gasteiger partial charge in [0.2, 0.25) is 0 Å². The summed E-state index contributed by atoms with van der Waals surface area (Å²) in [5, 5.41) is 1.34. The predicted molar refractivity (Wildman–Crippen MR) is 66.0 cm³/mol. The van der Waals surface area contributed by atoms with Crippen LogP contribution in [0.15, 0.2) is 41.3 Å². The normalized spacial score (nSPS) is 11.6. The van der Waals surface area contributed by atoms with Crippen LogP contribution in [0.2, 0.25) is 0 Å². The molecule has 0 spiro atoms. The van der Waals surface area contributed by atoms with Gasteiger partial charge in [0.1, 0.15) is 10.1 Å². The maximum Gasteiger partial charge on any atom is 1.00 e. The summed E-state index contributed by atoms with van der Waals surface area (Å²) >= 11 is 0. The Morgan fingerprint density at radius 3 is 2.06 bits per heavy atom. The van der Waals surface area contributed by atoms with Crippen molar-refractivity contribution in [1.29, 1.82) is 0 Å². The molecule has 0 bridgehead atoms. The average molecular weight is 272 g/mol. The molecule has 0 unspecified atom stereocenters. The molecular formula is C13H13NaO3S. The Morgan fingerprint density at radius 1 is 1.00 bits per heavy atom. The van der Waals surface area contributed by atoms with Crippen molar-refractivity contribution in [2.45, 2.75) is 24.7 Å². The molecule has 18 heavy (non-hydrogen) atoms. The molecule has 3 nitrogen and oxygen atoms in total. The predicted octanol–water partition coefficient (Wildman–Crippen LogP) is -0.129. The first-order valence-corrected chi connectivity index (χ1v) is 6.79. The van der Waals surface area contributed by atoms with Gasteiger partial charge in [-0.05, 0) is 28.3 Å². The van der Waals surface area contributed by atoms with Crippen LogP contribution in [0.5, 0.6) is 0 Å². The van der Waals surface area contributed by atoms with Gasteiger partial charge in [-0.3, -0.25) is 0 Å². The third-order valence-corrected chi connectivity index (χ3v) is 3.70. The van der Waals surface area contributed by atoms with Gasteiger partial charge in [-0.1, -0.05) is 44.2 Å². The third-order valence-electron chi connectivity index (χ3n) is 2.81. The zero-order valence-electron chi connectivity index (χ0n) is 10.7. The topological polar surface area (TPSA) is 57.2 Å². The average Bonchev–Trinajstić information content (AvgIpc) is 2.26. The van der Waals surface area contributed by atoms with E-state index in [1.165, 1.54) is 6.07 Å². The Balaban J connectivity index is 0.00000162. The van der Waals surface area contributed by atoms with Gasteiger partial charge in [0.05, 0.1) is 4.90 Å². The van der Waals surface area contributed by atoms with Gasteiger partial charge in [0.25, 0.3) is 0 Å². The van der Waals surface area contributed by atoms with Gasteiger partial charge in [-0.15, -0.1) is 0 Å². The second-order valence-electron chi connectivity index (χ2n) is 4.31. The Hall–Kier alpha value is -0.390. The molecular weight excluding hydrogens is 259 g/mol. The van der Waals surface area contributed by atoms with E-state index in [9.17, 15) is 13.0 Å². The van der Waals surface area contributed by atoms with Crippen molar-refractivity contribution >= 4 is 20.9 Å². The minimum Gasteiger partial charge on any atom is -0.744 e. The van der Waals surface area contributed by atoms with Crippen LogP contribution < -0.4 is 29.6 Å². The van der Waals surface area contributed by atoms with Crippen LogP contribution in [0.1, 0.15) is 25.3 Å². The van der Waals surface area contributed by atoms with Gasteiger partial charge in [0, 0.05) is 0 Å². The summed E-state index contributed by atoms with van der Waals surface area (Å²) in [4.78, 5) is -0.141. The van der Waals surface area contributed by atoms with E-state index < -0.39 is 10.1 Å². The van der Waals surface area contributed by atoms with Crippen LogP contribution in [0.4, 0.5) is 0 Å². The van der Waals surface area contributed by atoms with Crippen molar-refractivity contribution in [3.05, 3.63) is 42.0 Å². The molecule has 0 N–H and O–H groups in total. The van der Waals surface area contributed by atoms with Crippen molar-refractivity contribution < 1.29 is 42.5 Å². The van der Waals surface area contributed by atoms with E-state index in [0.29, 0.717) is 5.39 Å². The maximum absolute atomic E-state index is 11.2. The molecule has 90 valence electrons. The SMILES string of the molecule is CC(C)c1ccc(S(=O)(=O)[O-])c2ccccc12.[Na+]. The summed E-state index contributed by atoms with van der Waals surface area (Å²) in [6.45, 7) is 4.07. The van der Waals surface area contributed by atoms with Crippen LogP contribution in [-0.4, -0.2) is 13.0 Å². The summed E-state index contributed by atoms with van der Waals surface area (Å²) in [5.74, 6) is 0.281. The standard InChI is InChI=1S/C13H14O3S.Na/c1-9(2)10-7-8-13(17(14,15)16)12-6-4-3-5-11(10)12;/h3-9H,1-2H3,(H,14,15,16);/q;+1/p-1. The number of benzene rings is 2. The monoisotopic (exact) mass is 272 g/mol. The van der Waals surface area contributed by atoms with E-state index in [2.05, 4.69) is 0 Å². The van der Waals surface area contributed by atoms with Crippen molar-refractivity contribution in [2.75, 3.05) is 0 Å². The Morgan fingerprint density at radius 2 is 1.56 bits per heavy atom. The first-order valence-electron chi connectivity index (χ1n) is 5.39. The van der Waals surface area contributed by atoms with E-state index in [0.717, 1.165) is 10.9 Å². The van der Waals surface area contributed by atoms with Crippen molar-refractivity contribution in [3.63, 3.8) is 0 Å². The van der Waals surface area contributed by atoms with Crippen LogP contribution >= 0.6 is 0 Å². The molecule has 0 fully saturated rings. The molecule has 2 aromatic carbocycles. The summed E-state index contributed by atoms with van der Waals surface area (Å²) in [7, 11) is -4.42. The summed E-state index contributed by atoms with van der Waals surface area (Å²) in [6.07, 6.45) is 0. The summed E-state index contributed by atoms with van der Waals surface area (Å²) in [6, 6.07) is 10.2. The van der Waals surface area contributed by atoms with Gasteiger partial charge < -0.3 is 4.55 Å². The molecule has 0 atom stereocenters. The van der Waals surface area contributed by atoms with Crippen LogP contribution in [0.3, 0.4) is 0 Å².